The van der Waals surface area contributed by atoms with E-state index in [0.717, 1.165) is 35.8 Å². The Morgan fingerprint density at radius 1 is 1.10 bits per heavy atom. The van der Waals surface area contributed by atoms with Crippen LogP contribution in [0.3, 0.4) is 0 Å². The molecule has 1 aromatic carbocycles. The molecular weight excluding hydrogens is 582 g/mol. The van der Waals surface area contributed by atoms with Gasteiger partial charge in [0.1, 0.15) is 5.82 Å². The maximum atomic E-state index is 14.4. The molecule has 4 heterocycles. The molecule has 10 nitrogen and oxygen atoms in total. The second kappa shape index (κ2) is 13.1. The summed E-state index contributed by atoms with van der Waals surface area (Å²) in [5.41, 5.74) is 0.876. The summed E-state index contributed by atoms with van der Waals surface area (Å²) in [4.78, 5) is 41.1. The van der Waals surface area contributed by atoms with Gasteiger partial charge in [0.15, 0.2) is 0 Å². The monoisotopic (exact) mass is 606 g/mol. The van der Waals surface area contributed by atoms with Crippen molar-refractivity contribution in [2.75, 3.05) is 31.2 Å². The summed E-state index contributed by atoms with van der Waals surface area (Å²) in [6.07, 6.45) is 0.182. The Kier molecular flexibility index (Phi) is 10.5. The molecular formula is C25H24F4N4NaO6P. The van der Waals surface area contributed by atoms with Crippen LogP contribution >= 0.6 is 7.82 Å². The number of benzene rings is 1. The molecule has 1 fully saturated rings. The van der Waals surface area contributed by atoms with Crippen LogP contribution in [0.4, 0.5) is 23.2 Å². The zero-order chi connectivity index (χ0) is 29.2. The van der Waals surface area contributed by atoms with Gasteiger partial charge in [0.05, 0.1) is 31.0 Å². The van der Waals surface area contributed by atoms with E-state index in [-0.39, 0.29) is 41.7 Å². The van der Waals surface area contributed by atoms with Gasteiger partial charge in [-0.15, -0.1) is 7.05 Å². The molecule has 0 saturated carbocycles. The standard InChI is InChI=1S/C25H21F4N4O2.Na.H3O4P/c1-31-15-20(19-12-18(13-30-24(19)31)32-7-9-35-10-8-32)16-5-6-33(22(34)11-16)14-17-3-2-4-21(23(17)26)25(27,28)29;;1-5(2,3)4/h2-6,11-13,15H,1,7-10,14H2;;(H3,1,2,3,4)/q-1;+1;. The Bertz CT molecular complexity index is 1620. The molecule has 0 bridgehead atoms. The fraction of sp³-hybridized carbons (Fsp3) is 0.240. The van der Waals surface area contributed by atoms with E-state index in [2.05, 4.69) is 16.9 Å². The molecule has 4 aromatic rings. The van der Waals surface area contributed by atoms with E-state index in [0.29, 0.717) is 30.5 Å². The van der Waals surface area contributed by atoms with Crippen molar-refractivity contribution in [3.8, 4) is 11.1 Å². The first-order chi connectivity index (χ1) is 18.7. The van der Waals surface area contributed by atoms with E-state index >= 15 is 0 Å². The predicted octanol–water partition coefficient (Wildman–Crippen LogP) is 0.623. The van der Waals surface area contributed by atoms with E-state index in [1.54, 1.807) is 23.0 Å². The van der Waals surface area contributed by atoms with Crippen LogP contribution in [-0.2, 0) is 22.0 Å². The van der Waals surface area contributed by atoms with Crippen LogP contribution < -0.4 is 40.0 Å². The number of nitrogens with zero attached hydrogens (tertiary/aromatic N) is 4. The number of anilines is 1. The summed E-state index contributed by atoms with van der Waals surface area (Å²) >= 11 is 0. The molecule has 0 atom stereocenters. The van der Waals surface area contributed by atoms with Crippen LogP contribution in [0.25, 0.3) is 22.2 Å². The fourth-order valence-corrected chi connectivity index (χ4v) is 4.29. The van der Waals surface area contributed by atoms with Crippen molar-refractivity contribution in [3.05, 3.63) is 89.3 Å². The summed E-state index contributed by atoms with van der Waals surface area (Å²) in [5, 5.41) is 0.810. The number of ether oxygens (including phenoxy) is 1. The van der Waals surface area contributed by atoms with Crippen LogP contribution in [-0.4, -0.2) is 55.1 Å². The van der Waals surface area contributed by atoms with Gasteiger partial charge in [-0.25, -0.2) is 8.96 Å². The Balaban J connectivity index is 0.000000711. The molecule has 0 unspecified atom stereocenters. The molecule has 0 radical (unpaired) electrons. The zero-order valence-corrected chi connectivity index (χ0v) is 24.6. The molecule has 0 amide bonds. The van der Waals surface area contributed by atoms with Crippen LogP contribution in [0.15, 0.2) is 59.8 Å². The minimum atomic E-state index is -4.81. The number of hydrogen-bond donors (Lipinski definition) is 3. The topological polar surface area (TPSA) is 130 Å². The number of pyridine rings is 2. The number of halogens is 4. The number of alkyl halides is 3. The normalized spacial score (nSPS) is 13.9. The molecule has 41 heavy (non-hydrogen) atoms. The molecule has 214 valence electrons. The number of hydrogen-bond acceptors (Lipinski definition) is 5. The van der Waals surface area contributed by atoms with Crippen molar-refractivity contribution >= 4 is 24.5 Å². The van der Waals surface area contributed by atoms with Crippen molar-refractivity contribution in [1.82, 2.24) is 14.1 Å². The molecule has 0 aliphatic carbocycles. The maximum absolute atomic E-state index is 14.4. The average Bonchev–Trinajstić information content (AvgIpc) is 3.21. The minimum absolute atomic E-state index is 0. The van der Waals surface area contributed by atoms with Crippen molar-refractivity contribution in [2.45, 2.75) is 12.7 Å². The Morgan fingerprint density at radius 3 is 2.37 bits per heavy atom. The number of morpholine rings is 1. The predicted molar refractivity (Wildman–Crippen MR) is 138 cm³/mol. The minimum Gasteiger partial charge on any atom is -0.471 e. The maximum Gasteiger partial charge on any atom is 1.00 e. The molecule has 3 N–H and O–H groups in total. The molecule has 3 aromatic heterocycles. The second-order valence-corrected chi connectivity index (χ2v) is 9.87. The quantitative estimate of drug-likeness (QED) is 0.134. The third-order valence-electron chi connectivity index (χ3n) is 6.11. The Hall–Kier alpha value is -2.68. The second-order valence-electron chi connectivity index (χ2n) is 8.85. The van der Waals surface area contributed by atoms with E-state index in [1.807, 2.05) is 6.07 Å². The molecule has 1 saturated heterocycles. The first-order valence-corrected chi connectivity index (χ1v) is 13.3. The van der Waals surface area contributed by atoms with Gasteiger partial charge in [0, 0.05) is 42.8 Å². The van der Waals surface area contributed by atoms with E-state index in [4.69, 9.17) is 24.0 Å². The van der Waals surface area contributed by atoms with Crippen LogP contribution in [0.5, 0.6) is 0 Å². The molecule has 1 aliphatic heterocycles. The van der Waals surface area contributed by atoms with Crippen molar-refractivity contribution in [2.24, 2.45) is 0 Å². The van der Waals surface area contributed by atoms with Gasteiger partial charge in [-0.05, 0) is 29.1 Å². The van der Waals surface area contributed by atoms with E-state index < -0.39 is 30.9 Å². The van der Waals surface area contributed by atoms with Crippen molar-refractivity contribution in [1.29, 1.82) is 0 Å². The van der Waals surface area contributed by atoms with Crippen LogP contribution in [0, 0.1) is 12.9 Å². The van der Waals surface area contributed by atoms with Crippen molar-refractivity contribution in [3.63, 3.8) is 0 Å². The van der Waals surface area contributed by atoms with Gasteiger partial charge in [0.25, 0.3) is 5.56 Å². The third-order valence-corrected chi connectivity index (χ3v) is 6.11. The van der Waals surface area contributed by atoms with Gasteiger partial charge >= 0.3 is 43.6 Å². The number of phosphoric acid groups is 1. The van der Waals surface area contributed by atoms with Crippen molar-refractivity contribution < 1.29 is 71.1 Å². The van der Waals surface area contributed by atoms with Crippen LogP contribution in [0.1, 0.15) is 11.1 Å². The van der Waals surface area contributed by atoms with Crippen LogP contribution in [0.2, 0.25) is 0 Å². The van der Waals surface area contributed by atoms with Gasteiger partial charge < -0.3 is 38.4 Å². The SMILES string of the molecule is O=P(O)(O)O.[CH2-]n1cc(-c2ccn(Cc3cccc(C(F)(F)F)c3F)c(=O)c2)c2cc(N3CCOCC3)cnc21.[Na+]. The zero-order valence-electron chi connectivity index (χ0n) is 21.8. The summed E-state index contributed by atoms with van der Waals surface area (Å²) in [6.45, 7) is 2.43. The molecule has 5 rings (SSSR count). The number of aromatic nitrogens is 3. The summed E-state index contributed by atoms with van der Waals surface area (Å²) in [6, 6.07) is 8.08. The molecule has 16 heteroatoms. The van der Waals surface area contributed by atoms with Gasteiger partial charge in [-0.1, -0.05) is 23.9 Å². The number of rotatable bonds is 4. The summed E-state index contributed by atoms with van der Waals surface area (Å²) in [7, 11) is -0.665. The first-order valence-electron chi connectivity index (χ1n) is 11.7. The average molecular weight is 606 g/mol. The van der Waals surface area contributed by atoms with Gasteiger partial charge in [0.2, 0.25) is 0 Å². The van der Waals surface area contributed by atoms with E-state index in [1.165, 1.54) is 22.9 Å². The molecule has 0 spiro atoms. The third kappa shape index (κ3) is 8.21. The van der Waals surface area contributed by atoms with Gasteiger partial charge in [-0.3, -0.25) is 4.79 Å². The number of fused-ring (bicyclic) bond motifs is 1. The summed E-state index contributed by atoms with van der Waals surface area (Å²) in [5.74, 6) is -1.38. The first kappa shape index (κ1) is 32.8. The smallest absolute Gasteiger partial charge is 0.471 e. The van der Waals surface area contributed by atoms with E-state index in [9.17, 15) is 22.4 Å². The fourth-order valence-electron chi connectivity index (χ4n) is 4.29. The summed E-state index contributed by atoms with van der Waals surface area (Å²) < 4.78 is 70.6. The Morgan fingerprint density at radius 2 is 1.76 bits per heavy atom. The van der Waals surface area contributed by atoms with Gasteiger partial charge in [-0.2, -0.15) is 13.2 Å². The Labute approximate surface area is 253 Å². The molecule has 1 aliphatic rings. The largest absolute Gasteiger partial charge is 1.00 e.